The van der Waals surface area contributed by atoms with E-state index in [0.29, 0.717) is 24.4 Å². The second-order valence-electron chi connectivity index (χ2n) is 4.83. The van der Waals surface area contributed by atoms with Crippen LogP contribution < -0.4 is 10.5 Å². The summed E-state index contributed by atoms with van der Waals surface area (Å²) in [6.45, 7) is 1.38. The largest absolute Gasteiger partial charge is 0.495 e. The first-order valence-corrected chi connectivity index (χ1v) is 8.40. The van der Waals surface area contributed by atoms with Gasteiger partial charge in [0.1, 0.15) is 5.75 Å². The number of hydrogen-bond acceptors (Lipinski definition) is 4. The molecule has 1 aromatic carbocycles. The van der Waals surface area contributed by atoms with Crippen molar-refractivity contribution in [2.75, 3.05) is 26.7 Å². The predicted octanol–water partition coefficient (Wildman–Crippen LogP) is 1.18. The maximum Gasteiger partial charge on any atom is 0.243 e. The summed E-state index contributed by atoms with van der Waals surface area (Å²) in [5.41, 5.74) is 5.91. The van der Waals surface area contributed by atoms with Crippen molar-refractivity contribution in [3.8, 4) is 17.6 Å². The molecule has 1 aliphatic heterocycles. The van der Waals surface area contributed by atoms with E-state index in [9.17, 15) is 8.42 Å². The zero-order chi connectivity index (χ0) is 15.3. The molecule has 0 aliphatic carbocycles. The molecule has 1 saturated heterocycles. The van der Waals surface area contributed by atoms with Crippen molar-refractivity contribution in [2.24, 2.45) is 5.73 Å². The molecule has 114 valence electrons. The molecule has 5 nitrogen and oxygen atoms in total. The Balaban J connectivity index is 2.39. The first-order chi connectivity index (χ1) is 10.1. The van der Waals surface area contributed by atoms with E-state index in [1.807, 2.05) is 0 Å². The van der Waals surface area contributed by atoms with Crippen LogP contribution in [-0.2, 0) is 10.0 Å². The van der Waals surface area contributed by atoms with E-state index in [0.717, 1.165) is 19.3 Å². The van der Waals surface area contributed by atoms with E-state index in [1.165, 1.54) is 7.11 Å². The van der Waals surface area contributed by atoms with E-state index in [4.69, 9.17) is 10.5 Å². The van der Waals surface area contributed by atoms with Crippen molar-refractivity contribution in [1.82, 2.24) is 4.31 Å². The van der Waals surface area contributed by atoms with Gasteiger partial charge in [-0.05, 0) is 31.0 Å². The molecule has 1 aliphatic rings. The van der Waals surface area contributed by atoms with Gasteiger partial charge in [0.25, 0.3) is 0 Å². The van der Waals surface area contributed by atoms with Crippen molar-refractivity contribution in [1.29, 1.82) is 0 Å². The Labute approximate surface area is 126 Å². The van der Waals surface area contributed by atoms with Gasteiger partial charge >= 0.3 is 0 Å². The summed E-state index contributed by atoms with van der Waals surface area (Å²) in [6.07, 6.45) is 2.91. The number of ether oxygens (including phenoxy) is 1. The van der Waals surface area contributed by atoms with Gasteiger partial charge < -0.3 is 10.5 Å². The van der Waals surface area contributed by atoms with Crippen LogP contribution >= 0.6 is 0 Å². The van der Waals surface area contributed by atoms with E-state index >= 15 is 0 Å². The fraction of sp³-hybridized carbons (Fsp3) is 0.467. The van der Waals surface area contributed by atoms with Gasteiger partial charge in [-0.2, -0.15) is 4.31 Å². The normalized spacial score (nSPS) is 16.1. The minimum absolute atomic E-state index is 0.215. The van der Waals surface area contributed by atoms with E-state index in [-0.39, 0.29) is 11.4 Å². The summed E-state index contributed by atoms with van der Waals surface area (Å²) in [5.74, 6) is 6.13. The number of methoxy groups -OCH3 is 1. The average Bonchev–Trinajstić information content (AvgIpc) is 2.53. The highest BCUT2D eigenvalue weighted by atomic mass is 32.2. The van der Waals surface area contributed by atoms with Gasteiger partial charge in [0.2, 0.25) is 10.0 Å². The average molecular weight is 308 g/mol. The Bertz CT molecular complexity index is 653. The summed E-state index contributed by atoms with van der Waals surface area (Å²) in [7, 11) is -1.93. The number of benzene rings is 1. The van der Waals surface area contributed by atoms with Gasteiger partial charge in [-0.1, -0.05) is 18.3 Å². The van der Waals surface area contributed by atoms with Crippen LogP contribution in [0.25, 0.3) is 0 Å². The van der Waals surface area contributed by atoms with Gasteiger partial charge in [0, 0.05) is 13.1 Å². The van der Waals surface area contributed by atoms with Crippen LogP contribution in [0.3, 0.4) is 0 Å². The molecule has 0 atom stereocenters. The van der Waals surface area contributed by atoms with Crippen molar-refractivity contribution < 1.29 is 13.2 Å². The lowest BCUT2D eigenvalue weighted by molar-refractivity contribution is 0.346. The predicted molar refractivity (Wildman–Crippen MR) is 81.5 cm³/mol. The monoisotopic (exact) mass is 308 g/mol. The van der Waals surface area contributed by atoms with Crippen LogP contribution in [0.15, 0.2) is 23.1 Å². The van der Waals surface area contributed by atoms with Crippen LogP contribution in [0.4, 0.5) is 0 Å². The smallest absolute Gasteiger partial charge is 0.243 e. The first-order valence-electron chi connectivity index (χ1n) is 6.96. The molecule has 1 aromatic rings. The summed E-state index contributed by atoms with van der Waals surface area (Å²) in [5, 5.41) is 0. The third-order valence-corrected chi connectivity index (χ3v) is 5.34. The van der Waals surface area contributed by atoms with Crippen LogP contribution in [0, 0.1) is 11.8 Å². The standard InChI is InChI=1S/C15H20N2O3S/c1-20-15-8-7-14(12-13(15)6-5-9-16)21(18,19)17-10-3-2-4-11-17/h7-8,12H,2-4,9-11,16H2,1H3. The molecule has 6 heteroatoms. The molecule has 1 heterocycles. The van der Waals surface area contributed by atoms with Crippen molar-refractivity contribution in [2.45, 2.75) is 24.2 Å². The summed E-state index contributed by atoms with van der Waals surface area (Å²) in [4.78, 5) is 0.256. The van der Waals surface area contributed by atoms with Crippen LogP contribution in [0.2, 0.25) is 0 Å². The number of rotatable bonds is 3. The highest BCUT2D eigenvalue weighted by molar-refractivity contribution is 7.89. The molecule has 0 aromatic heterocycles. The van der Waals surface area contributed by atoms with E-state index in [2.05, 4.69) is 11.8 Å². The molecule has 0 unspecified atom stereocenters. The quantitative estimate of drug-likeness (QED) is 0.851. The number of hydrogen-bond donors (Lipinski definition) is 1. The maximum atomic E-state index is 12.6. The van der Waals surface area contributed by atoms with Gasteiger partial charge in [0.15, 0.2) is 0 Å². The van der Waals surface area contributed by atoms with Crippen LogP contribution in [0.1, 0.15) is 24.8 Å². The second kappa shape index (κ2) is 6.94. The zero-order valence-electron chi connectivity index (χ0n) is 12.1. The summed E-state index contributed by atoms with van der Waals surface area (Å²) in [6, 6.07) is 4.76. The topological polar surface area (TPSA) is 72.6 Å². The minimum atomic E-state index is -3.46. The molecule has 2 rings (SSSR count). The maximum absolute atomic E-state index is 12.6. The van der Waals surface area contributed by atoms with Crippen LogP contribution in [0.5, 0.6) is 5.75 Å². The van der Waals surface area contributed by atoms with Crippen molar-refractivity contribution in [3.05, 3.63) is 23.8 Å². The molecule has 2 N–H and O–H groups in total. The number of sulfonamides is 1. The molecular weight excluding hydrogens is 288 g/mol. The van der Waals surface area contributed by atoms with Gasteiger partial charge in [0.05, 0.1) is 24.1 Å². The minimum Gasteiger partial charge on any atom is -0.495 e. The van der Waals surface area contributed by atoms with E-state index < -0.39 is 10.0 Å². The summed E-state index contributed by atoms with van der Waals surface area (Å²) < 4.78 is 32.0. The Morgan fingerprint density at radius 3 is 2.62 bits per heavy atom. The SMILES string of the molecule is COc1ccc(S(=O)(=O)N2CCCCC2)cc1C#CCN. The molecule has 21 heavy (non-hydrogen) atoms. The Morgan fingerprint density at radius 1 is 1.29 bits per heavy atom. The lowest BCUT2D eigenvalue weighted by Gasteiger charge is -2.26. The molecular formula is C15H20N2O3S. The van der Waals surface area contributed by atoms with E-state index in [1.54, 1.807) is 22.5 Å². The molecule has 0 radical (unpaired) electrons. The molecule has 1 fully saturated rings. The first kappa shape index (κ1) is 15.8. The third-order valence-electron chi connectivity index (χ3n) is 3.45. The summed E-state index contributed by atoms with van der Waals surface area (Å²) >= 11 is 0. The Hall–Kier alpha value is -1.55. The van der Waals surface area contributed by atoms with Crippen LogP contribution in [-0.4, -0.2) is 39.5 Å². The van der Waals surface area contributed by atoms with Crippen molar-refractivity contribution in [3.63, 3.8) is 0 Å². The molecule has 0 saturated carbocycles. The lowest BCUT2D eigenvalue weighted by Crippen LogP contribution is -2.35. The van der Waals surface area contributed by atoms with Gasteiger partial charge in [-0.25, -0.2) is 8.42 Å². The van der Waals surface area contributed by atoms with Gasteiger partial charge in [-0.3, -0.25) is 0 Å². The Morgan fingerprint density at radius 2 is 2.00 bits per heavy atom. The number of piperidine rings is 1. The fourth-order valence-corrected chi connectivity index (χ4v) is 3.89. The molecule has 0 amide bonds. The molecule has 0 spiro atoms. The Kier molecular flexibility index (Phi) is 5.23. The highest BCUT2D eigenvalue weighted by Crippen LogP contribution is 2.25. The van der Waals surface area contributed by atoms with Crippen molar-refractivity contribution >= 4 is 10.0 Å². The highest BCUT2D eigenvalue weighted by Gasteiger charge is 2.26. The number of nitrogens with zero attached hydrogens (tertiary/aromatic N) is 1. The molecule has 0 bridgehead atoms. The zero-order valence-corrected chi connectivity index (χ0v) is 12.9. The number of nitrogens with two attached hydrogens (primary N) is 1. The second-order valence-corrected chi connectivity index (χ2v) is 6.77. The third kappa shape index (κ3) is 3.56. The fourth-order valence-electron chi connectivity index (χ4n) is 2.35. The van der Waals surface area contributed by atoms with Gasteiger partial charge in [-0.15, -0.1) is 0 Å². The lowest BCUT2D eigenvalue weighted by atomic mass is 10.2.